The molecule has 2 aromatic rings. The predicted molar refractivity (Wildman–Crippen MR) is 83.5 cm³/mol. The maximum atomic E-state index is 13.5. The van der Waals surface area contributed by atoms with Crippen molar-refractivity contribution in [2.24, 2.45) is 0 Å². The molecule has 2 aromatic carbocycles. The van der Waals surface area contributed by atoms with Gasteiger partial charge in [-0.1, -0.05) is 35.3 Å². The van der Waals surface area contributed by atoms with Gasteiger partial charge in [-0.25, -0.2) is 4.39 Å². The quantitative estimate of drug-likeness (QED) is 0.839. The fourth-order valence-electron chi connectivity index (χ4n) is 1.90. The van der Waals surface area contributed by atoms with E-state index in [1.165, 1.54) is 6.07 Å². The van der Waals surface area contributed by atoms with Crippen LogP contribution in [0.15, 0.2) is 36.4 Å². The summed E-state index contributed by atoms with van der Waals surface area (Å²) in [6.45, 7) is 1.78. The van der Waals surface area contributed by atoms with Gasteiger partial charge in [-0.3, -0.25) is 4.79 Å². The van der Waals surface area contributed by atoms with Gasteiger partial charge in [-0.05, 0) is 36.8 Å². The molecule has 0 heterocycles. The SMILES string of the molecule is CC(NC(=O)c1cc(F)c(Cl)cc1Cl)c1ccc(C#N)cc1. The number of halogens is 3. The van der Waals surface area contributed by atoms with Crippen LogP contribution in [0.5, 0.6) is 0 Å². The molecule has 0 aliphatic carbocycles. The Morgan fingerprint density at radius 2 is 1.86 bits per heavy atom. The van der Waals surface area contributed by atoms with Gasteiger partial charge in [0.2, 0.25) is 0 Å². The van der Waals surface area contributed by atoms with E-state index in [1.54, 1.807) is 31.2 Å². The number of benzene rings is 2. The number of nitriles is 1. The Labute approximate surface area is 137 Å². The van der Waals surface area contributed by atoms with Crippen molar-refractivity contribution in [3.63, 3.8) is 0 Å². The average Bonchev–Trinajstić information content (AvgIpc) is 2.50. The largest absolute Gasteiger partial charge is 0.345 e. The zero-order chi connectivity index (χ0) is 16.3. The molecule has 22 heavy (non-hydrogen) atoms. The second-order valence-electron chi connectivity index (χ2n) is 4.68. The summed E-state index contributed by atoms with van der Waals surface area (Å²) >= 11 is 11.5. The molecule has 0 saturated heterocycles. The summed E-state index contributed by atoms with van der Waals surface area (Å²) in [6.07, 6.45) is 0. The summed E-state index contributed by atoms with van der Waals surface area (Å²) in [6, 6.07) is 10.7. The van der Waals surface area contributed by atoms with Gasteiger partial charge in [0.1, 0.15) is 5.82 Å². The summed E-state index contributed by atoms with van der Waals surface area (Å²) < 4.78 is 13.5. The molecule has 0 spiro atoms. The molecule has 0 radical (unpaired) electrons. The van der Waals surface area contributed by atoms with Gasteiger partial charge >= 0.3 is 0 Å². The van der Waals surface area contributed by atoms with Crippen LogP contribution in [-0.2, 0) is 0 Å². The lowest BCUT2D eigenvalue weighted by molar-refractivity contribution is 0.0939. The third kappa shape index (κ3) is 3.56. The standard InChI is InChI=1S/C16H11Cl2FN2O/c1-9(11-4-2-10(8-20)3-5-11)21-16(22)12-6-15(19)14(18)7-13(12)17/h2-7,9H,1H3,(H,21,22). The van der Waals surface area contributed by atoms with Gasteiger partial charge in [0.15, 0.2) is 0 Å². The highest BCUT2D eigenvalue weighted by molar-refractivity contribution is 6.36. The van der Waals surface area contributed by atoms with Gasteiger partial charge in [-0.2, -0.15) is 5.26 Å². The van der Waals surface area contributed by atoms with Crippen molar-refractivity contribution in [1.82, 2.24) is 5.32 Å². The molecular weight excluding hydrogens is 326 g/mol. The van der Waals surface area contributed by atoms with Crippen LogP contribution in [0.1, 0.15) is 34.5 Å². The molecule has 2 rings (SSSR count). The Bertz CT molecular complexity index is 754. The smallest absolute Gasteiger partial charge is 0.253 e. The number of nitrogens with zero attached hydrogens (tertiary/aromatic N) is 1. The second-order valence-corrected chi connectivity index (χ2v) is 5.49. The van der Waals surface area contributed by atoms with E-state index in [0.717, 1.165) is 11.6 Å². The minimum Gasteiger partial charge on any atom is -0.345 e. The number of carbonyl (C=O) groups is 1. The molecule has 1 unspecified atom stereocenters. The first-order valence-corrected chi connectivity index (χ1v) is 7.13. The van der Waals surface area contributed by atoms with E-state index in [0.29, 0.717) is 5.56 Å². The van der Waals surface area contributed by atoms with E-state index in [1.807, 2.05) is 6.07 Å². The minimum atomic E-state index is -0.706. The zero-order valence-electron chi connectivity index (χ0n) is 11.5. The van der Waals surface area contributed by atoms with Crippen molar-refractivity contribution in [3.05, 3.63) is 69.0 Å². The van der Waals surface area contributed by atoms with Crippen LogP contribution in [0.25, 0.3) is 0 Å². The highest BCUT2D eigenvalue weighted by Gasteiger charge is 2.16. The maximum absolute atomic E-state index is 13.5. The van der Waals surface area contributed by atoms with Crippen molar-refractivity contribution in [1.29, 1.82) is 5.26 Å². The second kappa shape index (κ2) is 6.78. The third-order valence-electron chi connectivity index (χ3n) is 3.14. The van der Waals surface area contributed by atoms with Crippen LogP contribution in [0.2, 0.25) is 10.0 Å². The zero-order valence-corrected chi connectivity index (χ0v) is 13.0. The van der Waals surface area contributed by atoms with Crippen molar-refractivity contribution >= 4 is 29.1 Å². The predicted octanol–water partition coefficient (Wildman–Crippen LogP) is 4.50. The van der Waals surface area contributed by atoms with Gasteiger partial charge < -0.3 is 5.32 Å². The van der Waals surface area contributed by atoms with E-state index in [2.05, 4.69) is 5.32 Å². The summed E-state index contributed by atoms with van der Waals surface area (Å²) in [5.41, 5.74) is 1.37. The maximum Gasteiger partial charge on any atom is 0.253 e. The van der Waals surface area contributed by atoms with Crippen LogP contribution in [0, 0.1) is 17.1 Å². The van der Waals surface area contributed by atoms with Crippen molar-refractivity contribution < 1.29 is 9.18 Å². The molecule has 0 saturated carbocycles. The molecule has 1 N–H and O–H groups in total. The van der Waals surface area contributed by atoms with Gasteiger partial charge in [0.25, 0.3) is 5.91 Å². The van der Waals surface area contributed by atoms with E-state index in [4.69, 9.17) is 28.5 Å². The monoisotopic (exact) mass is 336 g/mol. The van der Waals surface area contributed by atoms with Crippen LogP contribution < -0.4 is 5.32 Å². The summed E-state index contributed by atoms with van der Waals surface area (Å²) in [5, 5.41) is 11.4. The third-order valence-corrected chi connectivity index (χ3v) is 3.74. The Morgan fingerprint density at radius 1 is 1.23 bits per heavy atom. The molecule has 0 aliphatic rings. The number of carbonyl (C=O) groups excluding carboxylic acids is 1. The lowest BCUT2D eigenvalue weighted by Crippen LogP contribution is -2.27. The number of amides is 1. The molecule has 1 amide bonds. The topological polar surface area (TPSA) is 52.9 Å². The van der Waals surface area contributed by atoms with Crippen molar-refractivity contribution in [2.45, 2.75) is 13.0 Å². The molecule has 0 bridgehead atoms. The van der Waals surface area contributed by atoms with Gasteiger partial charge in [0.05, 0.1) is 33.3 Å². The molecule has 6 heteroatoms. The van der Waals surface area contributed by atoms with E-state index < -0.39 is 11.7 Å². The Kier molecular flexibility index (Phi) is 5.02. The number of hydrogen-bond acceptors (Lipinski definition) is 2. The Balaban J connectivity index is 2.17. The van der Waals surface area contributed by atoms with Crippen LogP contribution in [-0.4, -0.2) is 5.91 Å². The van der Waals surface area contributed by atoms with Crippen molar-refractivity contribution in [3.8, 4) is 6.07 Å². The molecular formula is C16H11Cl2FN2O. The summed E-state index contributed by atoms with van der Waals surface area (Å²) in [4.78, 5) is 12.2. The average molecular weight is 337 g/mol. The molecule has 1 atom stereocenters. The molecule has 0 aromatic heterocycles. The molecule has 3 nitrogen and oxygen atoms in total. The van der Waals surface area contributed by atoms with Crippen LogP contribution in [0.4, 0.5) is 4.39 Å². The lowest BCUT2D eigenvalue weighted by Gasteiger charge is -2.15. The van der Waals surface area contributed by atoms with Crippen LogP contribution in [0.3, 0.4) is 0 Å². The molecule has 0 fully saturated rings. The first-order chi connectivity index (χ1) is 10.4. The van der Waals surface area contributed by atoms with Crippen molar-refractivity contribution in [2.75, 3.05) is 0 Å². The minimum absolute atomic E-state index is 0.0176. The van der Waals surface area contributed by atoms with E-state index >= 15 is 0 Å². The number of rotatable bonds is 3. The van der Waals surface area contributed by atoms with Gasteiger partial charge in [-0.15, -0.1) is 0 Å². The normalized spacial score (nSPS) is 11.6. The highest BCUT2D eigenvalue weighted by Crippen LogP contribution is 2.25. The number of hydrogen-bond donors (Lipinski definition) is 1. The van der Waals surface area contributed by atoms with Gasteiger partial charge in [0, 0.05) is 0 Å². The first-order valence-electron chi connectivity index (χ1n) is 6.38. The number of nitrogens with one attached hydrogen (secondary N) is 1. The molecule has 0 aliphatic heterocycles. The first kappa shape index (κ1) is 16.3. The Hall–Kier alpha value is -2.09. The highest BCUT2D eigenvalue weighted by atomic mass is 35.5. The summed E-state index contributed by atoms with van der Waals surface area (Å²) in [5.74, 6) is -1.21. The van der Waals surface area contributed by atoms with E-state index in [-0.39, 0.29) is 21.7 Å². The Morgan fingerprint density at radius 3 is 2.45 bits per heavy atom. The fourth-order valence-corrected chi connectivity index (χ4v) is 2.37. The van der Waals surface area contributed by atoms with E-state index in [9.17, 15) is 9.18 Å². The lowest BCUT2D eigenvalue weighted by atomic mass is 10.1. The molecule has 112 valence electrons. The summed E-state index contributed by atoms with van der Waals surface area (Å²) in [7, 11) is 0. The fraction of sp³-hybridized carbons (Fsp3) is 0.125. The van der Waals surface area contributed by atoms with Crippen LogP contribution >= 0.6 is 23.2 Å².